The summed E-state index contributed by atoms with van der Waals surface area (Å²) in [4.78, 5) is 4.75. The van der Waals surface area contributed by atoms with Crippen LogP contribution in [0, 0.1) is 13.8 Å². The highest BCUT2D eigenvalue weighted by Crippen LogP contribution is 2.21. The largest absolute Gasteiger partial charge is 0.323 e. The van der Waals surface area contributed by atoms with Gasteiger partial charge in [0.15, 0.2) is 0 Å². The normalized spacial score (nSPS) is 11.2. The van der Waals surface area contributed by atoms with Crippen LogP contribution in [0.25, 0.3) is 11.0 Å². The number of rotatable bonds is 3. The van der Waals surface area contributed by atoms with Crippen LogP contribution in [0.15, 0.2) is 42.5 Å². The second-order valence-corrected chi connectivity index (χ2v) is 5.33. The lowest BCUT2D eigenvalue weighted by Gasteiger charge is -2.13. The minimum absolute atomic E-state index is 0.905. The summed E-state index contributed by atoms with van der Waals surface area (Å²) in [5.74, 6) is 1.16. The quantitative estimate of drug-likeness (QED) is 0.691. The summed E-state index contributed by atoms with van der Waals surface area (Å²) in [7, 11) is 0. The first-order chi connectivity index (χ1) is 9.70. The van der Waals surface area contributed by atoms with Gasteiger partial charge >= 0.3 is 0 Å². The van der Waals surface area contributed by atoms with Crippen molar-refractivity contribution in [1.29, 1.82) is 0 Å². The summed E-state index contributed by atoms with van der Waals surface area (Å²) < 4.78 is 2.35. The summed E-state index contributed by atoms with van der Waals surface area (Å²) in [6.07, 6.45) is 0.958. The van der Waals surface area contributed by atoms with E-state index in [1.807, 2.05) is 0 Å². The highest BCUT2D eigenvalue weighted by molar-refractivity contribution is 5.76. The minimum Gasteiger partial charge on any atom is -0.323 e. The molecule has 0 amide bonds. The van der Waals surface area contributed by atoms with Gasteiger partial charge in [0.1, 0.15) is 5.82 Å². The van der Waals surface area contributed by atoms with Crippen molar-refractivity contribution in [3.05, 3.63) is 65.0 Å². The van der Waals surface area contributed by atoms with E-state index in [1.165, 1.54) is 22.2 Å². The van der Waals surface area contributed by atoms with E-state index >= 15 is 0 Å². The maximum Gasteiger partial charge on any atom is 0.109 e. The summed E-state index contributed by atoms with van der Waals surface area (Å²) >= 11 is 0. The molecule has 0 fully saturated rings. The predicted molar refractivity (Wildman–Crippen MR) is 84.1 cm³/mol. The van der Waals surface area contributed by atoms with E-state index in [4.69, 9.17) is 4.98 Å². The van der Waals surface area contributed by atoms with Gasteiger partial charge in [0.05, 0.1) is 11.0 Å². The van der Waals surface area contributed by atoms with Crippen LogP contribution in [0.4, 0.5) is 0 Å². The first kappa shape index (κ1) is 12.9. The van der Waals surface area contributed by atoms with E-state index in [-0.39, 0.29) is 0 Å². The zero-order valence-corrected chi connectivity index (χ0v) is 12.4. The molecule has 0 atom stereocenters. The third-order valence-corrected chi connectivity index (χ3v) is 4.01. The van der Waals surface area contributed by atoms with Crippen molar-refractivity contribution in [3.8, 4) is 0 Å². The Kier molecular flexibility index (Phi) is 3.31. The maximum atomic E-state index is 4.75. The molecular weight excluding hydrogens is 244 g/mol. The SMILES string of the molecule is CCc1nc2ccccc2n1Cc1c(C)cccc1C. The van der Waals surface area contributed by atoms with Crippen molar-refractivity contribution < 1.29 is 0 Å². The first-order valence-corrected chi connectivity index (χ1v) is 7.20. The van der Waals surface area contributed by atoms with Crippen LogP contribution in [0.1, 0.15) is 29.4 Å². The average Bonchev–Trinajstić information content (AvgIpc) is 2.81. The predicted octanol–water partition coefficient (Wildman–Crippen LogP) is 4.26. The van der Waals surface area contributed by atoms with Gasteiger partial charge in [-0.3, -0.25) is 0 Å². The molecule has 2 heteroatoms. The number of benzene rings is 2. The second-order valence-electron chi connectivity index (χ2n) is 5.33. The number of imidazole rings is 1. The molecule has 1 aromatic heterocycles. The molecule has 1 heterocycles. The van der Waals surface area contributed by atoms with Crippen LogP contribution >= 0.6 is 0 Å². The second kappa shape index (κ2) is 5.12. The molecule has 2 aromatic carbocycles. The number of aromatic nitrogens is 2. The van der Waals surface area contributed by atoms with E-state index in [9.17, 15) is 0 Å². The van der Waals surface area contributed by atoms with Gasteiger partial charge in [-0.1, -0.05) is 37.3 Å². The monoisotopic (exact) mass is 264 g/mol. The lowest BCUT2D eigenvalue weighted by Crippen LogP contribution is -2.07. The lowest BCUT2D eigenvalue weighted by molar-refractivity contribution is 0.746. The van der Waals surface area contributed by atoms with Crippen LogP contribution in [0.2, 0.25) is 0 Å². The van der Waals surface area contributed by atoms with Crippen molar-refractivity contribution in [2.45, 2.75) is 33.7 Å². The molecule has 102 valence electrons. The van der Waals surface area contributed by atoms with E-state index in [1.54, 1.807) is 0 Å². The molecule has 0 saturated carbocycles. The van der Waals surface area contributed by atoms with Gasteiger partial charge in [0.25, 0.3) is 0 Å². The average molecular weight is 264 g/mol. The van der Waals surface area contributed by atoms with Gasteiger partial charge in [0, 0.05) is 13.0 Å². The van der Waals surface area contributed by atoms with Crippen molar-refractivity contribution in [3.63, 3.8) is 0 Å². The lowest BCUT2D eigenvalue weighted by atomic mass is 10.0. The molecule has 3 rings (SSSR count). The molecule has 0 bridgehead atoms. The third-order valence-electron chi connectivity index (χ3n) is 4.01. The molecular formula is C18H20N2. The van der Waals surface area contributed by atoms with Crippen LogP contribution in [0.3, 0.4) is 0 Å². The van der Waals surface area contributed by atoms with Gasteiger partial charge in [-0.25, -0.2) is 4.98 Å². The Hall–Kier alpha value is -2.09. The molecule has 0 saturated heterocycles. The Bertz CT molecular complexity index is 733. The van der Waals surface area contributed by atoms with Crippen LogP contribution in [-0.4, -0.2) is 9.55 Å². The molecule has 3 aromatic rings. The van der Waals surface area contributed by atoms with Crippen molar-refractivity contribution in [2.24, 2.45) is 0 Å². The van der Waals surface area contributed by atoms with Gasteiger partial charge in [-0.05, 0) is 42.7 Å². The zero-order valence-electron chi connectivity index (χ0n) is 12.4. The molecule has 20 heavy (non-hydrogen) atoms. The Balaban J connectivity index is 2.15. The summed E-state index contributed by atoms with van der Waals surface area (Å²) in [6.45, 7) is 7.45. The molecule has 0 spiro atoms. The third kappa shape index (κ3) is 2.11. The number of nitrogens with zero attached hydrogens (tertiary/aromatic N) is 2. The molecule has 0 radical (unpaired) electrons. The molecule has 0 aliphatic heterocycles. The Morgan fingerprint density at radius 3 is 2.35 bits per heavy atom. The van der Waals surface area contributed by atoms with Gasteiger partial charge in [-0.15, -0.1) is 0 Å². The molecule has 0 aliphatic rings. The van der Waals surface area contributed by atoms with Gasteiger partial charge in [-0.2, -0.15) is 0 Å². The van der Waals surface area contributed by atoms with Crippen molar-refractivity contribution >= 4 is 11.0 Å². The Morgan fingerprint density at radius 1 is 0.950 bits per heavy atom. The van der Waals surface area contributed by atoms with Crippen molar-refractivity contribution in [2.75, 3.05) is 0 Å². The van der Waals surface area contributed by atoms with E-state index < -0.39 is 0 Å². The summed E-state index contributed by atoms with van der Waals surface area (Å²) in [6, 6.07) is 14.9. The van der Waals surface area contributed by atoms with E-state index in [0.29, 0.717) is 0 Å². The number of aryl methyl sites for hydroxylation is 3. The van der Waals surface area contributed by atoms with Gasteiger partial charge < -0.3 is 4.57 Å². The number of hydrogen-bond donors (Lipinski definition) is 0. The Labute approximate surface area is 120 Å². The minimum atomic E-state index is 0.905. The zero-order chi connectivity index (χ0) is 14.1. The van der Waals surface area contributed by atoms with Crippen LogP contribution < -0.4 is 0 Å². The fourth-order valence-corrected chi connectivity index (χ4v) is 2.83. The van der Waals surface area contributed by atoms with Crippen LogP contribution in [-0.2, 0) is 13.0 Å². The highest BCUT2D eigenvalue weighted by atomic mass is 15.1. The fraction of sp³-hybridized carbons (Fsp3) is 0.278. The molecule has 0 N–H and O–H groups in total. The first-order valence-electron chi connectivity index (χ1n) is 7.20. The Morgan fingerprint density at radius 2 is 1.65 bits per heavy atom. The fourth-order valence-electron chi connectivity index (χ4n) is 2.83. The molecule has 2 nitrogen and oxygen atoms in total. The van der Waals surface area contributed by atoms with E-state index in [0.717, 1.165) is 24.3 Å². The molecule has 0 unspecified atom stereocenters. The number of fused-ring (bicyclic) bond motifs is 1. The number of para-hydroxylation sites is 2. The van der Waals surface area contributed by atoms with Gasteiger partial charge in [0.2, 0.25) is 0 Å². The smallest absolute Gasteiger partial charge is 0.109 e. The summed E-state index contributed by atoms with van der Waals surface area (Å²) in [5, 5.41) is 0. The maximum absolute atomic E-state index is 4.75. The van der Waals surface area contributed by atoms with E-state index in [2.05, 4.69) is 67.8 Å². The summed E-state index contributed by atoms with van der Waals surface area (Å²) in [5.41, 5.74) is 6.43. The number of hydrogen-bond acceptors (Lipinski definition) is 1. The van der Waals surface area contributed by atoms with Crippen LogP contribution in [0.5, 0.6) is 0 Å². The van der Waals surface area contributed by atoms with Crippen molar-refractivity contribution in [1.82, 2.24) is 9.55 Å². The molecule has 0 aliphatic carbocycles. The highest BCUT2D eigenvalue weighted by Gasteiger charge is 2.11. The topological polar surface area (TPSA) is 17.8 Å². The standard InChI is InChI=1S/C18H20N2/c1-4-18-19-16-10-5-6-11-17(16)20(18)12-15-13(2)8-7-9-14(15)3/h5-11H,4,12H2,1-3H3.